The molecule has 0 aromatic heterocycles. The maximum absolute atomic E-state index is 11.8. The van der Waals surface area contributed by atoms with E-state index in [4.69, 9.17) is 0 Å². The Kier molecular flexibility index (Phi) is 4.87. The van der Waals surface area contributed by atoms with Crippen LogP contribution in [0.3, 0.4) is 0 Å². The fourth-order valence-corrected chi connectivity index (χ4v) is 1.82. The summed E-state index contributed by atoms with van der Waals surface area (Å²) in [5, 5.41) is 2.61. The van der Waals surface area contributed by atoms with Gasteiger partial charge in [0.25, 0.3) is 0 Å². The fourth-order valence-electron chi connectivity index (χ4n) is 1.28. The number of aryl methyl sites for hydroxylation is 1. The summed E-state index contributed by atoms with van der Waals surface area (Å²) in [6.07, 6.45) is 0. The number of nitrogens with one attached hydrogen (secondary N) is 1. The molecule has 88 valence electrons. The number of anilines is 1. The predicted molar refractivity (Wildman–Crippen MR) is 75.1 cm³/mol. The van der Waals surface area contributed by atoms with Crippen LogP contribution in [-0.4, -0.2) is 11.2 Å². The first-order valence-electron chi connectivity index (χ1n) is 5.17. The molecule has 0 heterocycles. The third-order valence-electron chi connectivity index (χ3n) is 2.35. The van der Waals surface area contributed by atoms with Gasteiger partial charge in [-0.25, -0.2) is 0 Å². The maximum atomic E-state index is 11.8. The van der Waals surface area contributed by atoms with Gasteiger partial charge < -0.3 is 5.32 Å². The van der Waals surface area contributed by atoms with Gasteiger partial charge in [-0.15, -0.1) is 0 Å². The van der Waals surface area contributed by atoms with Crippen LogP contribution in [0, 0.1) is 12.8 Å². The van der Waals surface area contributed by atoms with E-state index in [9.17, 15) is 4.79 Å². The minimum absolute atomic E-state index is 0.0521. The summed E-state index contributed by atoms with van der Waals surface area (Å²) in [4.78, 5) is 11.8. The van der Waals surface area contributed by atoms with Gasteiger partial charge in [0, 0.05) is 10.2 Å². The second-order valence-corrected chi connectivity index (χ2v) is 5.61. The predicted octanol–water partition coefficient (Wildman–Crippen LogP) is 3.65. The summed E-state index contributed by atoms with van der Waals surface area (Å²) in [7, 11) is 0. The average molecular weight is 302 g/mol. The van der Waals surface area contributed by atoms with Gasteiger partial charge in [0.2, 0.25) is 5.91 Å². The number of halogens is 1. The quantitative estimate of drug-likeness (QED) is 0.820. The first-order valence-corrected chi connectivity index (χ1v) is 6.48. The van der Waals surface area contributed by atoms with E-state index >= 15 is 0 Å². The first kappa shape index (κ1) is 13.6. The fraction of sp³-hybridized carbons (Fsp3) is 0.417. The molecule has 1 N–H and O–H groups in total. The average Bonchev–Trinajstić information content (AvgIpc) is 2.20. The van der Waals surface area contributed by atoms with Gasteiger partial charge in [0.05, 0.1) is 5.25 Å². The van der Waals surface area contributed by atoms with Crippen LogP contribution in [0.25, 0.3) is 0 Å². The number of amides is 1. The Labute approximate surface area is 110 Å². The molecule has 2 nitrogen and oxygen atoms in total. The second-order valence-electron chi connectivity index (χ2n) is 4.14. The molecule has 0 saturated heterocycles. The maximum Gasteiger partial charge on any atom is 0.237 e. The van der Waals surface area contributed by atoms with Crippen LogP contribution in [0.2, 0.25) is 0 Å². The Morgan fingerprint density at radius 3 is 2.56 bits per heavy atom. The van der Waals surface area contributed by atoms with Crippen molar-refractivity contribution < 1.29 is 4.79 Å². The topological polar surface area (TPSA) is 29.1 Å². The molecule has 0 saturated carbocycles. The minimum atomic E-state index is -0.275. The van der Waals surface area contributed by atoms with Crippen LogP contribution >= 0.6 is 28.6 Å². The molecular weight excluding hydrogens is 286 g/mol. The molecular formula is C12H16BrNOS. The number of rotatable bonds is 3. The summed E-state index contributed by atoms with van der Waals surface area (Å²) < 4.78 is 1.01. The number of hydrogen-bond donors (Lipinski definition) is 2. The van der Waals surface area contributed by atoms with Crippen LogP contribution in [-0.2, 0) is 4.79 Å². The van der Waals surface area contributed by atoms with E-state index < -0.39 is 0 Å². The lowest BCUT2D eigenvalue weighted by Gasteiger charge is -2.15. The molecule has 0 aliphatic heterocycles. The zero-order valence-electron chi connectivity index (χ0n) is 9.62. The molecule has 0 spiro atoms. The van der Waals surface area contributed by atoms with Crippen molar-refractivity contribution in [3.63, 3.8) is 0 Å². The SMILES string of the molecule is Cc1cc(Br)ccc1NC(=O)C(S)C(C)C. The van der Waals surface area contributed by atoms with E-state index in [1.807, 2.05) is 39.0 Å². The lowest BCUT2D eigenvalue weighted by Crippen LogP contribution is -2.27. The number of hydrogen-bond acceptors (Lipinski definition) is 2. The largest absolute Gasteiger partial charge is 0.325 e. The third-order valence-corrected chi connectivity index (χ3v) is 3.67. The van der Waals surface area contributed by atoms with Crippen molar-refractivity contribution in [3.05, 3.63) is 28.2 Å². The standard InChI is InChI=1S/C12H16BrNOS/c1-7(2)11(16)12(15)14-10-5-4-9(13)6-8(10)3/h4-7,11,16H,1-3H3,(H,14,15). The van der Waals surface area contributed by atoms with Crippen LogP contribution in [0.1, 0.15) is 19.4 Å². The van der Waals surface area contributed by atoms with Crippen molar-refractivity contribution in [2.75, 3.05) is 5.32 Å². The zero-order valence-corrected chi connectivity index (χ0v) is 12.1. The number of benzene rings is 1. The van der Waals surface area contributed by atoms with Crippen molar-refractivity contribution in [2.45, 2.75) is 26.0 Å². The summed E-state index contributed by atoms with van der Waals surface area (Å²) in [5.41, 5.74) is 1.87. The summed E-state index contributed by atoms with van der Waals surface area (Å²) >= 11 is 7.67. The van der Waals surface area contributed by atoms with Gasteiger partial charge in [0.15, 0.2) is 0 Å². The van der Waals surface area contributed by atoms with Gasteiger partial charge in [-0.3, -0.25) is 4.79 Å². The van der Waals surface area contributed by atoms with Crippen molar-refractivity contribution >= 4 is 40.2 Å². The van der Waals surface area contributed by atoms with Crippen LogP contribution in [0.15, 0.2) is 22.7 Å². The lowest BCUT2D eigenvalue weighted by atomic mass is 10.1. The van der Waals surface area contributed by atoms with Crippen molar-refractivity contribution in [1.29, 1.82) is 0 Å². The van der Waals surface area contributed by atoms with E-state index in [0.29, 0.717) is 0 Å². The summed E-state index contributed by atoms with van der Waals surface area (Å²) in [6, 6.07) is 5.77. The Morgan fingerprint density at radius 2 is 2.06 bits per heavy atom. The second kappa shape index (κ2) is 5.73. The van der Waals surface area contributed by atoms with Crippen molar-refractivity contribution in [2.24, 2.45) is 5.92 Å². The zero-order chi connectivity index (χ0) is 12.3. The van der Waals surface area contributed by atoms with Crippen LogP contribution < -0.4 is 5.32 Å². The first-order chi connectivity index (χ1) is 7.41. The Balaban J connectivity index is 2.77. The third kappa shape index (κ3) is 3.52. The highest BCUT2D eigenvalue weighted by atomic mass is 79.9. The van der Waals surface area contributed by atoms with E-state index in [1.54, 1.807) is 0 Å². The van der Waals surface area contributed by atoms with Crippen molar-refractivity contribution in [3.8, 4) is 0 Å². The molecule has 1 atom stereocenters. The molecule has 1 aromatic rings. The number of carbonyl (C=O) groups excluding carboxylic acids is 1. The molecule has 0 fully saturated rings. The van der Waals surface area contributed by atoms with Gasteiger partial charge in [0.1, 0.15) is 0 Å². The van der Waals surface area contributed by atoms with Gasteiger partial charge in [-0.1, -0.05) is 29.8 Å². The molecule has 16 heavy (non-hydrogen) atoms. The Morgan fingerprint density at radius 1 is 1.44 bits per heavy atom. The van der Waals surface area contributed by atoms with Gasteiger partial charge in [-0.2, -0.15) is 12.6 Å². The van der Waals surface area contributed by atoms with Gasteiger partial charge >= 0.3 is 0 Å². The molecule has 0 aliphatic carbocycles. The molecule has 1 unspecified atom stereocenters. The smallest absolute Gasteiger partial charge is 0.237 e. The van der Waals surface area contributed by atoms with E-state index in [2.05, 4.69) is 33.9 Å². The molecule has 0 bridgehead atoms. The highest BCUT2D eigenvalue weighted by Gasteiger charge is 2.18. The van der Waals surface area contributed by atoms with Gasteiger partial charge in [-0.05, 0) is 36.6 Å². The molecule has 4 heteroatoms. The van der Waals surface area contributed by atoms with E-state index in [-0.39, 0.29) is 17.1 Å². The van der Waals surface area contributed by atoms with Crippen molar-refractivity contribution in [1.82, 2.24) is 0 Å². The number of thiol groups is 1. The van der Waals surface area contributed by atoms with E-state index in [0.717, 1.165) is 15.7 Å². The number of carbonyl (C=O) groups is 1. The molecule has 1 aromatic carbocycles. The Hall–Kier alpha value is -0.480. The highest BCUT2D eigenvalue weighted by Crippen LogP contribution is 2.21. The Bertz CT molecular complexity index is 393. The van der Waals surface area contributed by atoms with Crippen LogP contribution in [0.5, 0.6) is 0 Å². The minimum Gasteiger partial charge on any atom is -0.325 e. The molecule has 1 amide bonds. The lowest BCUT2D eigenvalue weighted by molar-refractivity contribution is -0.116. The monoisotopic (exact) mass is 301 g/mol. The highest BCUT2D eigenvalue weighted by molar-refractivity contribution is 9.10. The molecule has 1 rings (SSSR count). The summed E-state index contributed by atoms with van der Waals surface area (Å²) in [6.45, 7) is 5.92. The normalized spacial score (nSPS) is 12.6. The molecule has 0 aliphatic rings. The summed E-state index contributed by atoms with van der Waals surface area (Å²) in [5.74, 6) is 0.169. The molecule has 0 radical (unpaired) electrons. The van der Waals surface area contributed by atoms with E-state index in [1.165, 1.54) is 0 Å². The van der Waals surface area contributed by atoms with Crippen LogP contribution in [0.4, 0.5) is 5.69 Å².